The van der Waals surface area contributed by atoms with Gasteiger partial charge in [-0.2, -0.15) is 0 Å². The fourth-order valence-corrected chi connectivity index (χ4v) is 0. The van der Waals surface area contributed by atoms with Crippen LogP contribution in [0.4, 0.5) is 0 Å². The van der Waals surface area contributed by atoms with Crippen LogP contribution < -0.4 is 0 Å². The Bertz CT molecular complexity index is 8.00. The molecule has 0 heterocycles. The first kappa shape index (κ1) is 24.6. The Hall–Kier alpha value is 3.96. The number of rotatable bonds is 0. The summed E-state index contributed by atoms with van der Waals surface area (Å²) in [6.07, 6.45) is 0. The second-order valence-electron chi connectivity index (χ2n) is 0. The molecule has 0 rings (SSSR count). The third-order valence-electron chi connectivity index (χ3n) is 0. The van der Waals surface area contributed by atoms with Crippen LogP contribution in [0, 0.1) is 0 Å². The zero-order valence-corrected chi connectivity index (χ0v) is 2.60. The van der Waals surface area contributed by atoms with Gasteiger partial charge in [0.2, 0.25) is 0 Å². The summed E-state index contributed by atoms with van der Waals surface area (Å²) in [5.41, 5.74) is 0. The zero-order valence-electron chi connectivity index (χ0n) is 0.500. The van der Waals surface area contributed by atoms with Crippen molar-refractivity contribution in [3.63, 3.8) is 0 Å². The maximum absolute atomic E-state index is 0. The van der Waals surface area contributed by atoms with E-state index >= 15 is 0 Å². The molecule has 4 heavy (non-hydrogen) atoms. The van der Waals surface area contributed by atoms with Gasteiger partial charge in [-0.1, -0.05) is 0 Å². The van der Waals surface area contributed by atoms with Crippen molar-refractivity contribution in [2.45, 2.75) is 0 Å². The second-order valence-corrected chi connectivity index (χ2v) is 0. The van der Waals surface area contributed by atoms with Gasteiger partial charge in [-0.05, 0) is 0 Å². The van der Waals surface area contributed by atoms with Crippen LogP contribution in [0.25, 0.3) is 0 Å². The molecule has 0 aliphatic rings. The van der Waals surface area contributed by atoms with Crippen molar-refractivity contribution in [1.29, 1.82) is 0 Å². The molecule has 0 radical (unpaired) electrons. The van der Waals surface area contributed by atoms with E-state index in [0.29, 0.717) is 0 Å². The van der Waals surface area contributed by atoms with Gasteiger partial charge in [0.05, 0.1) is 0 Å². The molecular weight excluding hydrogens is 231 g/mol. The van der Waals surface area contributed by atoms with Crippen LogP contribution in [0.5, 0.6) is 0 Å². The van der Waals surface area contributed by atoms with E-state index in [1.807, 2.05) is 0 Å². The van der Waals surface area contributed by atoms with Gasteiger partial charge in [0.15, 0.2) is 0 Å². The molecule has 0 aromatic heterocycles. The third-order valence-corrected chi connectivity index (χ3v) is 0. The summed E-state index contributed by atoms with van der Waals surface area (Å²) >= 11 is 0. The van der Waals surface area contributed by atoms with Gasteiger partial charge in [-0.3, -0.25) is 0 Å². The van der Waals surface area contributed by atoms with Gasteiger partial charge in [0, 0.05) is 0 Å². The Morgan fingerprint density at radius 1 is 1.00 bits per heavy atom. The standard InChI is InChI=1S/Ca.GeH4.K.H2Se.3H/h;1H4;;1H2;;;. The summed E-state index contributed by atoms with van der Waals surface area (Å²) in [5.74, 6) is 0. The van der Waals surface area contributed by atoms with Crippen LogP contribution in [0.2, 0.25) is 0 Å². The van der Waals surface area contributed by atoms with Gasteiger partial charge < -0.3 is 0 Å². The van der Waals surface area contributed by atoms with Crippen molar-refractivity contribution in [2.24, 2.45) is 0 Å². The first-order valence-corrected chi connectivity index (χ1v) is 0. The Labute approximate surface area is 120 Å². The van der Waals surface area contributed by atoms with E-state index in [9.17, 15) is 0 Å². The molecule has 0 bridgehead atoms. The van der Waals surface area contributed by atoms with Gasteiger partial charge in [-0.15, -0.1) is 0 Å². The third kappa shape index (κ3) is 9.35. The summed E-state index contributed by atoms with van der Waals surface area (Å²) in [4.78, 5) is 0. The van der Waals surface area contributed by atoms with Crippen LogP contribution in [0.3, 0.4) is 0 Å². The molecular formula is H9CaGeKSe. The minimum absolute atomic E-state index is 0. The molecule has 0 spiro atoms. The molecule has 0 N–H and O–H groups in total. The molecule has 0 aromatic rings. The van der Waals surface area contributed by atoms with Crippen molar-refractivity contribution in [3.8, 4) is 0 Å². The summed E-state index contributed by atoms with van der Waals surface area (Å²) in [6, 6.07) is 0. The fraction of sp³-hybridized carbons (Fsp3) is 0. The molecule has 0 saturated heterocycles. The van der Waals surface area contributed by atoms with Crippen LogP contribution in [-0.2, 0) is 0 Å². The summed E-state index contributed by atoms with van der Waals surface area (Å²) < 4.78 is 0. The van der Waals surface area contributed by atoms with Crippen molar-refractivity contribution in [1.82, 2.24) is 0 Å². The molecule has 0 aliphatic carbocycles. The zero-order chi connectivity index (χ0) is 0. The summed E-state index contributed by atoms with van der Waals surface area (Å²) in [6.45, 7) is 0. The molecule has 4 heteroatoms. The minimum atomic E-state index is 0. The topological polar surface area (TPSA) is 0 Å². The molecule has 0 aliphatic heterocycles. The van der Waals surface area contributed by atoms with E-state index in [-0.39, 0.29) is 124 Å². The Balaban J connectivity index is 0. The predicted octanol–water partition coefficient (Wildman–Crippen LogP) is -3.93. The Morgan fingerprint density at radius 2 is 1.00 bits per heavy atom. The summed E-state index contributed by atoms with van der Waals surface area (Å²) in [5, 5.41) is 0. The van der Waals surface area contributed by atoms with E-state index in [2.05, 4.69) is 0 Å². The van der Waals surface area contributed by atoms with E-state index < -0.39 is 0 Å². The number of hydrogen-bond donors (Lipinski definition) is 0. The fourth-order valence-electron chi connectivity index (χ4n) is 0. The average molecular weight is 240 g/mol. The monoisotopic (exact) mass is 242 g/mol. The van der Waals surface area contributed by atoms with Crippen molar-refractivity contribution in [3.05, 3.63) is 0 Å². The molecule has 22 valence electrons. The van der Waals surface area contributed by atoms with Crippen LogP contribution in [0.1, 0.15) is 0 Å². The molecule has 0 nitrogen and oxygen atoms in total. The summed E-state index contributed by atoms with van der Waals surface area (Å²) in [7, 11) is 0. The van der Waals surface area contributed by atoms with Crippen LogP contribution in [-0.4, -0.2) is 124 Å². The van der Waals surface area contributed by atoms with Gasteiger partial charge >= 0.3 is 124 Å². The molecule has 0 amide bonds. The number of hydrogen-bond acceptors (Lipinski definition) is 0. The van der Waals surface area contributed by atoms with Crippen molar-refractivity contribution < 1.29 is 0 Å². The molecule has 0 unspecified atom stereocenters. The van der Waals surface area contributed by atoms with Gasteiger partial charge in [0.25, 0.3) is 0 Å². The van der Waals surface area contributed by atoms with Crippen LogP contribution >= 0.6 is 0 Å². The van der Waals surface area contributed by atoms with Gasteiger partial charge in [0.1, 0.15) is 0 Å². The molecule has 0 atom stereocenters. The SMILES string of the molecule is [CaH2].[GeH4].[KH].[SeH2]. The Kier molecular flexibility index (Phi) is 96.9. The first-order valence-electron chi connectivity index (χ1n) is 0. The Morgan fingerprint density at radius 3 is 1.00 bits per heavy atom. The van der Waals surface area contributed by atoms with Crippen molar-refractivity contribution in [2.75, 3.05) is 0 Å². The van der Waals surface area contributed by atoms with E-state index in [4.69, 9.17) is 0 Å². The average Bonchev–Trinajstić information content (AvgIpc) is 0. The first-order chi connectivity index (χ1) is 0. The van der Waals surface area contributed by atoms with Crippen molar-refractivity contribution >= 4 is 124 Å². The van der Waals surface area contributed by atoms with E-state index in [0.717, 1.165) is 0 Å². The van der Waals surface area contributed by atoms with Crippen LogP contribution in [0.15, 0.2) is 0 Å². The predicted molar refractivity (Wildman–Crippen MR) is 35.6 cm³/mol. The molecule has 0 fully saturated rings. The normalized spacial score (nSPS) is 0. The maximum atomic E-state index is 0. The second kappa shape index (κ2) is 15.8. The van der Waals surface area contributed by atoms with E-state index in [1.165, 1.54) is 0 Å². The quantitative estimate of drug-likeness (QED) is 0.379. The molecule has 0 aromatic carbocycles. The molecule has 0 saturated carbocycles. The van der Waals surface area contributed by atoms with E-state index in [1.54, 1.807) is 0 Å². The van der Waals surface area contributed by atoms with Gasteiger partial charge in [-0.25, -0.2) is 0 Å².